The quantitative estimate of drug-likeness (QED) is 0.497. The van der Waals surface area contributed by atoms with Gasteiger partial charge >= 0.3 is 0 Å². The molecule has 0 heterocycles. The molecule has 9 heteroatoms. The number of anilines is 1. The summed E-state index contributed by atoms with van der Waals surface area (Å²) in [6, 6.07) is 3.88. The Morgan fingerprint density at radius 2 is 1.91 bits per heavy atom. The minimum atomic E-state index is -3.47. The fourth-order valence-corrected chi connectivity index (χ4v) is 2.94. The number of nitro benzene ring substituents is 1. The number of ether oxygens (including phenoxy) is 1. The van der Waals surface area contributed by atoms with E-state index in [1.165, 1.54) is 18.2 Å². The summed E-state index contributed by atoms with van der Waals surface area (Å²) in [5.41, 5.74) is 0.105. The molecule has 1 aliphatic carbocycles. The molecular weight excluding hydrogens is 336 g/mol. The number of hydrogen-bond donors (Lipinski definition) is 1. The smallest absolute Gasteiger partial charge is 0.273 e. The second-order valence-corrected chi connectivity index (χ2v) is 6.94. The Morgan fingerprint density at radius 3 is 2.45 bits per heavy atom. The van der Waals surface area contributed by atoms with Crippen LogP contribution in [0.2, 0.25) is 0 Å². The van der Waals surface area contributed by atoms with E-state index in [0.29, 0.717) is 0 Å². The molecule has 2 radical (unpaired) electrons. The number of nitrogens with zero attached hydrogens (tertiary/aromatic N) is 1. The molecule has 1 aromatic carbocycles. The third-order valence-corrected chi connectivity index (χ3v) is 3.91. The van der Waals surface area contributed by atoms with Gasteiger partial charge in [0.05, 0.1) is 29.0 Å². The Morgan fingerprint density at radius 1 is 1.27 bits per heavy atom. The molecule has 0 bridgehead atoms. The van der Waals surface area contributed by atoms with E-state index in [4.69, 9.17) is 4.74 Å². The molecule has 0 spiro atoms. The first-order valence-electron chi connectivity index (χ1n) is 6.78. The van der Waals surface area contributed by atoms with Gasteiger partial charge in [0.15, 0.2) is 5.75 Å². The van der Waals surface area contributed by atoms with Crippen LogP contribution in [0.3, 0.4) is 0 Å². The summed E-state index contributed by atoms with van der Waals surface area (Å²) in [4.78, 5) is 10.3. The maximum atomic E-state index is 11.4. The standard InChI is InChI=1S/C13H18N2O5S.Ca/c1-21(18,19)14-12-8-7-10(15(16)17)9-13(12)20-11-5-3-2-4-6-11;/h7-9,11,14H,2-6H2,1H3;. The van der Waals surface area contributed by atoms with Crippen LogP contribution in [0.4, 0.5) is 11.4 Å². The Balaban J connectivity index is 0.00000242. The maximum Gasteiger partial charge on any atom is 0.273 e. The fraction of sp³-hybridized carbons (Fsp3) is 0.538. The monoisotopic (exact) mass is 354 g/mol. The Hall–Kier alpha value is -0.570. The summed E-state index contributed by atoms with van der Waals surface area (Å²) in [6.45, 7) is 0. The molecule has 22 heavy (non-hydrogen) atoms. The van der Waals surface area contributed by atoms with E-state index in [1.807, 2.05) is 0 Å². The van der Waals surface area contributed by atoms with Gasteiger partial charge in [0, 0.05) is 43.8 Å². The number of nitrogens with one attached hydrogen (secondary N) is 1. The molecule has 1 saturated carbocycles. The molecule has 1 N–H and O–H groups in total. The second kappa shape index (κ2) is 8.33. The molecule has 1 aliphatic rings. The van der Waals surface area contributed by atoms with Crippen LogP contribution in [-0.4, -0.2) is 63.4 Å². The number of hydrogen-bond acceptors (Lipinski definition) is 5. The molecule has 0 amide bonds. The normalized spacial score (nSPS) is 15.7. The van der Waals surface area contributed by atoms with Crippen LogP contribution in [-0.2, 0) is 10.0 Å². The molecule has 1 aromatic rings. The van der Waals surface area contributed by atoms with E-state index in [9.17, 15) is 18.5 Å². The van der Waals surface area contributed by atoms with Crippen molar-refractivity contribution < 1.29 is 18.1 Å². The number of nitro groups is 1. The van der Waals surface area contributed by atoms with Crippen molar-refractivity contribution in [3.05, 3.63) is 28.3 Å². The van der Waals surface area contributed by atoms with Crippen LogP contribution in [0.5, 0.6) is 5.75 Å². The average molecular weight is 354 g/mol. The molecule has 0 unspecified atom stereocenters. The van der Waals surface area contributed by atoms with Gasteiger partial charge in [-0.2, -0.15) is 0 Å². The number of benzene rings is 1. The van der Waals surface area contributed by atoms with Crippen molar-refractivity contribution in [3.8, 4) is 5.75 Å². The van der Waals surface area contributed by atoms with Gasteiger partial charge in [-0.1, -0.05) is 6.42 Å². The van der Waals surface area contributed by atoms with Gasteiger partial charge in [0.25, 0.3) is 5.69 Å². The van der Waals surface area contributed by atoms with Gasteiger partial charge in [-0.25, -0.2) is 8.42 Å². The van der Waals surface area contributed by atoms with E-state index in [1.54, 1.807) is 0 Å². The van der Waals surface area contributed by atoms with Gasteiger partial charge < -0.3 is 4.74 Å². The summed E-state index contributed by atoms with van der Waals surface area (Å²) in [6.07, 6.45) is 6.01. The maximum absolute atomic E-state index is 11.4. The van der Waals surface area contributed by atoms with Crippen LogP contribution in [0.25, 0.3) is 0 Å². The summed E-state index contributed by atoms with van der Waals surface area (Å²) < 4.78 is 30.8. The molecule has 0 saturated heterocycles. The first kappa shape index (κ1) is 19.5. The van der Waals surface area contributed by atoms with Crippen molar-refractivity contribution in [2.75, 3.05) is 11.0 Å². The zero-order valence-electron chi connectivity index (χ0n) is 12.4. The number of rotatable bonds is 5. The van der Waals surface area contributed by atoms with Crippen molar-refractivity contribution >= 4 is 59.1 Å². The molecule has 0 atom stereocenters. The predicted octanol–water partition coefficient (Wildman–Crippen LogP) is 2.30. The third kappa shape index (κ3) is 5.91. The van der Waals surface area contributed by atoms with Gasteiger partial charge in [0.2, 0.25) is 10.0 Å². The SMILES string of the molecule is CS(=O)(=O)Nc1ccc([N+](=O)[O-])cc1OC1CCCCC1.[Ca]. The van der Waals surface area contributed by atoms with Gasteiger partial charge in [0.1, 0.15) is 0 Å². The van der Waals surface area contributed by atoms with Crippen molar-refractivity contribution in [2.24, 2.45) is 0 Å². The molecule has 2 rings (SSSR count). The molecule has 0 aliphatic heterocycles. The summed E-state index contributed by atoms with van der Waals surface area (Å²) in [5.74, 6) is 0.210. The minimum absolute atomic E-state index is 0. The van der Waals surface area contributed by atoms with Crippen molar-refractivity contribution in [1.29, 1.82) is 0 Å². The third-order valence-electron chi connectivity index (χ3n) is 3.32. The molecule has 0 aromatic heterocycles. The topological polar surface area (TPSA) is 98.5 Å². The molecule has 7 nitrogen and oxygen atoms in total. The van der Waals surface area contributed by atoms with E-state index in [0.717, 1.165) is 38.4 Å². The van der Waals surface area contributed by atoms with Gasteiger partial charge in [-0.05, 0) is 31.7 Å². The largest absolute Gasteiger partial charge is 0.488 e. The van der Waals surface area contributed by atoms with E-state index in [2.05, 4.69) is 4.72 Å². The first-order valence-corrected chi connectivity index (χ1v) is 8.67. The van der Waals surface area contributed by atoms with E-state index in [-0.39, 0.29) is 61.0 Å². The summed E-state index contributed by atoms with van der Waals surface area (Å²) in [5, 5.41) is 10.9. The average Bonchev–Trinajstić information content (AvgIpc) is 2.40. The minimum Gasteiger partial charge on any atom is -0.488 e. The van der Waals surface area contributed by atoms with Crippen molar-refractivity contribution in [3.63, 3.8) is 0 Å². The Kier molecular flexibility index (Phi) is 7.37. The van der Waals surface area contributed by atoms with Crippen molar-refractivity contribution in [1.82, 2.24) is 0 Å². The van der Waals surface area contributed by atoms with Crippen molar-refractivity contribution in [2.45, 2.75) is 38.2 Å². The molecular formula is C13H18CaN2O5S. The van der Waals surface area contributed by atoms with Crippen LogP contribution in [0.15, 0.2) is 18.2 Å². The zero-order chi connectivity index (χ0) is 15.5. The Bertz CT molecular complexity index is 629. The fourth-order valence-electron chi connectivity index (χ4n) is 2.37. The molecule has 118 valence electrons. The number of sulfonamides is 1. The predicted molar refractivity (Wildman–Crippen MR) is 84.8 cm³/mol. The first-order chi connectivity index (χ1) is 9.85. The van der Waals surface area contributed by atoms with Crippen LogP contribution < -0.4 is 9.46 Å². The van der Waals surface area contributed by atoms with Gasteiger partial charge in [-0.15, -0.1) is 0 Å². The Labute approximate surface area is 159 Å². The van der Waals surface area contributed by atoms with E-state index < -0.39 is 14.9 Å². The summed E-state index contributed by atoms with van der Waals surface area (Å²) >= 11 is 0. The van der Waals surface area contributed by atoms with Crippen LogP contribution in [0, 0.1) is 10.1 Å². The van der Waals surface area contributed by atoms with Crippen LogP contribution in [0.1, 0.15) is 32.1 Å². The number of non-ortho nitro benzene ring substituents is 1. The van der Waals surface area contributed by atoms with E-state index >= 15 is 0 Å². The summed E-state index contributed by atoms with van der Waals surface area (Å²) in [7, 11) is -3.47. The van der Waals surface area contributed by atoms with Crippen LogP contribution >= 0.6 is 0 Å². The molecule has 1 fully saturated rings. The zero-order valence-corrected chi connectivity index (χ0v) is 15.5. The van der Waals surface area contributed by atoms with Gasteiger partial charge in [-0.3, -0.25) is 14.8 Å². The second-order valence-electron chi connectivity index (χ2n) is 5.19.